The number of para-hydroxylation sites is 1. The van der Waals surface area contributed by atoms with Gasteiger partial charge in [-0.05, 0) is 18.6 Å². The summed E-state index contributed by atoms with van der Waals surface area (Å²) < 4.78 is 41.0. The molecule has 0 aliphatic heterocycles. The normalized spacial score (nSPS) is 11.2. The number of hydrogen-bond acceptors (Lipinski definition) is 4. The van der Waals surface area contributed by atoms with Crippen LogP contribution in [0.25, 0.3) is 0 Å². The van der Waals surface area contributed by atoms with Crippen molar-refractivity contribution < 1.29 is 22.8 Å². The number of alkyl halides is 3. The summed E-state index contributed by atoms with van der Waals surface area (Å²) in [6, 6.07) is 4.27. The maximum Gasteiger partial charge on any atom is 0.392 e. The Balaban J connectivity index is 2.86. The van der Waals surface area contributed by atoms with E-state index in [9.17, 15) is 23.3 Å². The summed E-state index contributed by atoms with van der Waals surface area (Å²) in [5.41, 5.74) is -0.107. The molecule has 0 fully saturated rings. The van der Waals surface area contributed by atoms with E-state index in [0.717, 1.165) is 6.42 Å². The minimum atomic E-state index is -4.35. The number of rotatable bonds is 7. The maximum atomic E-state index is 12.0. The summed E-state index contributed by atoms with van der Waals surface area (Å²) in [5.74, 6) is -0.166. The Kier molecular flexibility index (Phi) is 5.60. The molecule has 1 rings (SSSR count). The first-order chi connectivity index (χ1) is 9.35. The van der Waals surface area contributed by atoms with Crippen molar-refractivity contribution in [2.75, 3.05) is 18.5 Å². The van der Waals surface area contributed by atoms with Gasteiger partial charge in [-0.15, -0.1) is 0 Å². The van der Waals surface area contributed by atoms with Gasteiger partial charge in [0.05, 0.1) is 18.0 Å². The summed E-state index contributed by atoms with van der Waals surface area (Å²) in [6.07, 6.45) is -4.75. The standard InChI is InChI=1S/C12H15F3N2O3/c1-2-7-16-9-4-3-5-10(11(9)17(18)19)20-8-6-12(13,14)15/h3-5,16H,2,6-8H2,1H3. The molecule has 1 aromatic rings. The van der Waals surface area contributed by atoms with Crippen LogP contribution in [0.4, 0.5) is 24.5 Å². The van der Waals surface area contributed by atoms with Crippen molar-refractivity contribution in [3.63, 3.8) is 0 Å². The lowest BCUT2D eigenvalue weighted by Crippen LogP contribution is -2.13. The Labute approximate surface area is 113 Å². The lowest BCUT2D eigenvalue weighted by molar-refractivity contribution is -0.385. The second kappa shape index (κ2) is 6.97. The van der Waals surface area contributed by atoms with E-state index >= 15 is 0 Å². The molecule has 0 aromatic heterocycles. The van der Waals surface area contributed by atoms with Crippen molar-refractivity contribution in [3.05, 3.63) is 28.3 Å². The van der Waals surface area contributed by atoms with E-state index < -0.39 is 24.1 Å². The smallest absolute Gasteiger partial charge is 0.392 e. The first kappa shape index (κ1) is 16.1. The number of nitro groups is 1. The molecule has 1 aromatic carbocycles. The lowest BCUT2D eigenvalue weighted by atomic mass is 10.2. The van der Waals surface area contributed by atoms with Crippen molar-refractivity contribution in [3.8, 4) is 5.75 Å². The number of hydrogen-bond donors (Lipinski definition) is 1. The largest absolute Gasteiger partial charge is 0.486 e. The summed E-state index contributed by atoms with van der Waals surface area (Å²) in [5, 5.41) is 13.9. The Morgan fingerprint density at radius 1 is 1.40 bits per heavy atom. The van der Waals surface area contributed by atoms with E-state index in [1.807, 2.05) is 6.92 Å². The van der Waals surface area contributed by atoms with E-state index in [1.165, 1.54) is 18.2 Å². The van der Waals surface area contributed by atoms with Crippen LogP contribution >= 0.6 is 0 Å². The molecule has 20 heavy (non-hydrogen) atoms. The highest BCUT2D eigenvalue weighted by molar-refractivity contribution is 5.68. The number of ether oxygens (including phenoxy) is 1. The SMILES string of the molecule is CCCNc1cccc(OCCC(F)(F)F)c1[N+](=O)[O-]. The maximum absolute atomic E-state index is 12.0. The third-order valence-electron chi connectivity index (χ3n) is 2.39. The zero-order chi connectivity index (χ0) is 15.2. The van der Waals surface area contributed by atoms with Crippen molar-refractivity contribution in [1.82, 2.24) is 0 Å². The second-order valence-electron chi connectivity index (χ2n) is 4.05. The fraction of sp³-hybridized carbons (Fsp3) is 0.500. The first-order valence-corrected chi connectivity index (χ1v) is 6.06. The molecule has 0 atom stereocenters. The van der Waals surface area contributed by atoms with Crippen LogP contribution in [0.5, 0.6) is 5.75 Å². The molecule has 1 N–H and O–H groups in total. The average Bonchev–Trinajstić information content (AvgIpc) is 2.34. The zero-order valence-electron chi connectivity index (χ0n) is 10.9. The van der Waals surface area contributed by atoms with Crippen molar-refractivity contribution >= 4 is 11.4 Å². The van der Waals surface area contributed by atoms with E-state index in [2.05, 4.69) is 5.32 Å². The van der Waals surface area contributed by atoms with Crippen LogP contribution < -0.4 is 10.1 Å². The number of nitro benzene ring substituents is 1. The number of benzene rings is 1. The van der Waals surface area contributed by atoms with Crippen LogP contribution in [0.3, 0.4) is 0 Å². The van der Waals surface area contributed by atoms with Gasteiger partial charge in [-0.3, -0.25) is 10.1 Å². The summed E-state index contributed by atoms with van der Waals surface area (Å²) in [4.78, 5) is 10.4. The molecule has 0 bridgehead atoms. The van der Waals surface area contributed by atoms with Gasteiger partial charge in [0.2, 0.25) is 0 Å². The van der Waals surface area contributed by atoms with Gasteiger partial charge in [-0.2, -0.15) is 13.2 Å². The minimum Gasteiger partial charge on any atom is -0.486 e. The Morgan fingerprint density at radius 2 is 2.10 bits per heavy atom. The highest BCUT2D eigenvalue weighted by Gasteiger charge is 2.28. The predicted octanol–water partition coefficient (Wildman–Crippen LogP) is 3.75. The highest BCUT2D eigenvalue weighted by Crippen LogP contribution is 2.35. The molecular weight excluding hydrogens is 277 g/mol. The van der Waals surface area contributed by atoms with Gasteiger partial charge in [0.15, 0.2) is 5.75 Å². The van der Waals surface area contributed by atoms with Crippen molar-refractivity contribution in [1.29, 1.82) is 0 Å². The topological polar surface area (TPSA) is 64.4 Å². The predicted molar refractivity (Wildman–Crippen MR) is 68.0 cm³/mol. The van der Waals surface area contributed by atoms with Gasteiger partial charge >= 0.3 is 11.9 Å². The molecule has 0 spiro atoms. The van der Waals surface area contributed by atoms with Gasteiger partial charge in [-0.25, -0.2) is 0 Å². The molecule has 0 saturated carbocycles. The molecule has 0 heterocycles. The quantitative estimate of drug-likeness (QED) is 0.614. The number of nitrogens with one attached hydrogen (secondary N) is 1. The molecule has 0 amide bonds. The molecule has 112 valence electrons. The van der Waals surface area contributed by atoms with Crippen LogP contribution in [0.15, 0.2) is 18.2 Å². The summed E-state index contributed by atoms with van der Waals surface area (Å²) >= 11 is 0. The molecule has 0 aliphatic carbocycles. The van der Waals surface area contributed by atoms with Gasteiger partial charge in [0, 0.05) is 6.54 Å². The van der Waals surface area contributed by atoms with Crippen LogP contribution in [-0.2, 0) is 0 Å². The molecular formula is C12H15F3N2O3. The molecule has 0 radical (unpaired) electrons. The molecule has 0 unspecified atom stereocenters. The molecule has 5 nitrogen and oxygen atoms in total. The fourth-order valence-electron chi connectivity index (χ4n) is 1.51. The third kappa shape index (κ3) is 4.94. The van der Waals surface area contributed by atoms with E-state index in [4.69, 9.17) is 4.74 Å². The van der Waals surface area contributed by atoms with Crippen LogP contribution in [-0.4, -0.2) is 24.3 Å². The Hall–Kier alpha value is -1.99. The summed E-state index contributed by atoms with van der Waals surface area (Å²) in [6.45, 7) is 1.76. The Bertz CT molecular complexity index is 464. The fourth-order valence-corrected chi connectivity index (χ4v) is 1.51. The van der Waals surface area contributed by atoms with Gasteiger partial charge in [0.25, 0.3) is 0 Å². The van der Waals surface area contributed by atoms with E-state index in [0.29, 0.717) is 6.54 Å². The van der Waals surface area contributed by atoms with Gasteiger partial charge in [0.1, 0.15) is 5.69 Å². The van der Waals surface area contributed by atoms with Gasteiger partial charge < -0.3 is 10.1 Å². The summed E-state index contributed by atoms with van der Waals surface area (Å²) in [7, 11) is 0. The zero-order valence-corrected chi connectivity index (χ0v) is 10.9. The molecule has 0 saturated heterocycles. The number of nitrogens with zero attached hydrogens (tertiary/aromatic N) is 1. The minimum absolute atomic E-state index is 0.166. The average molecular weight is 292 g/mol. The number of halogens is 3. The third-order valence-corrected chi connectivity index (χ3v) is 2.39. The van der Waals surface area contributed by atoms with Crippen molar-refractivity contribution in [2.45, 2.75) is 25.9 Å². The van der Waals surface area contributed by atoms with E-state index in [-0.39, 0.29) is 17.1 Å². The monoisotopic (exact) mass is 292 g/mol. The molecule has 8 heteroatoms. The lowest BCUT2D eigenvalue weighted by Gasteiger charge is -2.11. The number of anilines is 1. The van der Waals surface area contributed by atoms with Crippen LogP contribution in [0.1, 0.15) is 19.8 Å². The van der Waals surface area contributed by atoms with Crippen LogP contribution in [0, 0.1) is 10.1 Å². The van der Waals surface area contributed by atoms with E-state index in [1.54, 1.807) is 0 Å². The van der Waals surface area contributed by atoms with Crippen LogP contribution in [0.2, 0.25) is 0 Å². The van der Waals surface area contributed by atoms with Crippen molar-refractivity contribution in [2.24, 2.45) is 0 Å². The second-order valence-corrected chi connectivity index (χ2v) is 4.05. The molecule has 0 aliphatic rings. The van der Waals surface area contributed by atoms with Gasteiger partial charge in [-0.1, -0.05) is 13.0 Å². The Morgan fingerprint density at radius 3 is 2.65 bits per heavy atom. The highest BCUT2D eigenvalue weighted by atomic mass is 19.4. The first-order valence-electron chi connectivity index (χ1n) is 6.06.